The molecular weight excluding hydrogens is 358 g/mol. The Morgan fingerprint density at radius 1 is 1.32 bits per heavy atom. The highest BCUT2D eigenvalue weighted by molar-refractivity contribution is 6.07. The Hall–Kier alpha value is -3.75. The molecule has 0 bridgehead atoms. The monoisotopic (exact) mass is 381 g/mol. The normalized spacial score (nSPS) is 10.9. The number of nitrogens with zero attached hydrogens (tertiary/aromatic N) is 2. The van der Waals surface area contributed by atoms with Crippen LogP contribution in [0.2, 0.25) is 0 Å². The molecule has 0 unspecified atom stereocenters. The summed E-state index contributed by atoms with van der Waals surface area (Å²) < 4.78 is 0. The highest BCUT2D eigenvalue weighted by Crippen LogP contribution is 2.13. The van der Waals surface area contributed by atoms with Crippen LogP contribution in [0, 0.1) is 5.41 Å². The van der Waals surface area contributed by atoms with E-state index in [1.54, 1.807) is 24.3 Å². The number of carbonyl (C=O) groups excluding carboxylic acids is 2. The molecule has 146 valence electrons. The fraction of sp³-hybridized carbons (Fsp3) is 0.211. The van der Waals surface area contributed by atoms with Crippen molar-refractivity contribution in [2.75, 3.05) is 11.9 Å². The van der Waals surface area contributed by atoms with E-state index in [0.29, 0.717) is 24.2 Å². The van der Waals surface area contributed by atoms with Crippen molar-refractivity contribution in [3.63, 3.8) is 0 Å². The molecule has 0 spiro atoms. The van der Waals surface area contributed by atoms with Crippen LogP contribution in [0.3, 0.4) is 0 Å². The second kappa shape index (κ2) is 10.4. The Bertz CT molecular complexity index is 886. The van der Waals surface area contributed by atoms with Crippen molar-refractivity contribution in [3.8, 4) is 0 Å². The zero-order chi connectivity index (χ0) is 20.4. The summed E-state index contributed by atoms with van der Waals surface area (Å²) in [6.07, 6.45) is 7.52. The SMILES string of the molecule is C=CCCCNC(=O)c1[nH]ncc1NC(=O)c1cccc(C/C(C=N)=C/N)n1. The predicted molar refractivity (Wildman–Crippen MR) is 107 cm³/mol. The van der Waals surface area contributed by atoms with Crippen molar-refractivity contribution in [2.45, 2.75) is 19.3 Å². The molecule has 0 radical (unpaired) electrons. The number of nitrogens with one attached hydrogen (secondary N) is 4. The Morgan fingerprint density at radius 3 is 2.86 bits per heavy atom. The van der Waals surface area contributed by atoms with Gasteiger partial charge in [-0.15, -0.1) is 6.58 Å². The first kappa shape index (κ1) is 20.6. The molecule has 9 nitrogen and oxygen atoms in total. The van der Waals surface area contributed by atoms with Gasteiger partial charge in [0.25, 0.3) is 11.8 Å². The maximum atomic E-state index is 12.5. The lowest BCUT2D eigenvalue weighted by molar-refractivity contribution is 0.0949. The minimum atomic E-state index is -0.475. The van der Waals surface area contributed by atoms with Gasteiger partial charge in [-0.05, 0) is 36.7 Å². The molecule has 2 heterocycles. The molecule has 0 aliphatic carbocycles. The summed E-state index contributed by atoms with van der Waals surface area (Å²) in [6.45, 7) is 4.12. The lowest BCUT2D eigenvalue weighted by atomic mass is 10.1. The number of allylic oxidation sites excluding steroid dienone is 2. The molecule has 2 aromatic rings. The van der Waals surface area contributed by atoms with Crippen molar-refractivity contribution in [1.29, 1.82) is 5.41 Å². The van der Waals surface area contributed by atoms with E-state index in [9.17, 15) is 9.59 Å². The van der Waals surface area contributed by atoms with Crippen LogP contribution in [0.25, 0.3) is 0 Å². The number of hydrogen-bond donors (Lipinski definition) is 5. The van der Waals surface area contributed by atoms with Gasteiger partial charge in [-0.25, -0.2) is 4.98 Å². The number of amides is 2. The highest BCUT2D eigenvalue weighted by atomic mass is 16.2. The van der Waals surface area contributed by atoms with Gasteiger partial charge < -0.3 is 21.8 Å². The van der Waals surface area contributed by atoms with Crippen LogP contribution < -0.4 is 16.4 Å². The third-order valence-corrected chi connectivity index (χ3v) is 3.81. The van der Waals surface area contributed by atoms with E-state index in [1.807, 2.05) is 0 Å². The van der Waals surface area contributed by atoms with Crippen LogP contribution in [0.4, 0.5) is 5.69 Å². The van der Waals surface area contributed by atoms with Gasteiger partial charge in [-0.2, -0.15) is 5.10 Å². The van der Waals surface area contributed by atoms with E-state index in [4.69, 9.17) is 11.1 Å². The van der Waals surface area contributed by atoms with Gasteiger partial charge in [-0.3, -0.25) is 14.7 Å². The van der Waals surface area contributed by atoms with Crippen LogP contribution in [0.1, 0.15) is 39.5 Å². The van der Waals surface area contributed by atoms with Gasteiger partial charge in [0.15, 0.2) is 0 Å². The number of hydrogen-bond acceptors (Lipinski definition) is 6. The van der Waals surface area contributed by atoms with Gasteiger partial charge in [0.05, 0.1) is 11.9 Å². The number of aromatic nitrogens is 3. The molecule has 0 saturated carbocycles. The van der Waals surface area contributed by atoms with Crippen molar-refractivity contribution in [1.82, 2.24) is 20.5 Å². The molecule has 0 atom stereocenters. The summed E-state index contributed by atoms with van der Waals surface area (Å²) in [6, 6.07) is 4.99. The minimum Gasteiger partial charge on any atom is -0.404 e. The zero-order valence-corrected chi connectivity index (χ0v) is 15.4. The first-order valence-electron chi connectivity index (χ1n) is 8.70. The summed E-state index contributed by atoms with van der Waals surface area (Å²) in [5.74, 6) is -0.834. The summed E-state index contributed by atoms with van der Waals surface area (Å²) in [5, 5.41) is 19.1. The first-order chi connectivity index (χ1) is 13.6. The Kier molecular flexibility index (Phi) is 7.64. The molecule has 2 rings (SSSR count). The van der Waals surface area contributed by atoms with Gasteiger partial charge >= 0.3 is 0 Å². The fourth-order valence-corrected chi connectivity index (χ4v) is 2.35. The first-order valence-corrected chi connectivity index (χ1v) is 8.70. The number of unbranched alkanes of at least 4 members (excludes halogenated alkanes) is 1. The maximum absolute atomic E-state index is 12.5. The van der Waals surface area contributed by atoms with E-state index < -0.39 is 5.91 Å². The van der Waals surface area contributed by atoms with E-state index >= 15 is 0 Å². The van der Waals surface area contributed by atoms with Crippen molar-refractivity contribution < 1.29 is 9.59 Å². The summed E-state index contributed by atoms with van der Waals surface area (Å²) in [4.78, 5) is 29.0. The van der Waals surface area contributed by atoms with Crippen molar-refractivity contribution >= 4 is 23.7 Å². The second-order valence-corrected chi connectivity index (χ2v) is 5.88. The minimum absolute atomic E-state index is 0.167. The lowest BCUT2D eigenvalue weighted by Crippen LogP contribution is -2.26. The van der Waals surface area contributed by atoms with Crippen LogP contribution in [-0.2, 0) is 6.42 Å². The van der Waals surface area contributed by atoms with Crippen LogP contribution >= 0.6 is 0 Å². The molecule has 6 N–H and O–H groups in total. The van der Waals surface area contributed by atoms with Crippen molar-refractivity contribution in [3.05, 3.63) is 65.9 Å². The zero-order valence-electron chi connectivity index (χ0n) is 15.4. The molecule has 0 aliphatic rings. The van der Waals surface area contributed by atoms with Crippen LogP contribution in [0.5, 0.6) is 0 Å². The number of anilines is 1. The largest absolute Gasteiger partial charge is 0.404 e. The van der Waals surface area contributed by atoms with E-state index in [0.717, 1.165) is 19.1 Å². The summed E-state index contributed by atoms with van der Waals surface area (Å²) in [5.41, 5.74) is 7.23. The molecule has 0 fully saturated rings. The Labute approximate surface area is 162 Å². The smallest absolute Gasteiger partial charge is 0.274 e. The maximum Gasteiger partial charge on any atom is 0.274 e. The number of nitrogens with two attached hydrogens (primary N) is 1. The van der Waals surface area contributed by atoms with Gasteiger partial charge in [-0.1, -0.05) is 12.1 Å². The lowest BCUT2D eigenvalue weighted by Gasteiger charge is -2.08. The third kappa shape index (κ3) is 5.63. The van der Waals surface area contributed by atoms with E-state index in [-0.39, 0.29) is 23.0 Å². The topological polar surface area (TPSA) is 150 Å². The highest BCUT2D eigenvalue weighted by Gasteiger charge is 2.17. The molecule has 28 heavy (non-hydrogen) atoms. The van der Waals surface area contributed by atoms with Crippen molar-refractivity contribution in [2.24, 2.45) is 5.73 Å². The molecule has 2 aromatic heterocycles. The molecule has 9 heteroatoms. The standard InChI is InChI=1S/C19H23N7O2/c1-2-3-4-8-22-19(28)17-16(12-23-26-17)25-18(27)15-7-5-6-14(24-15)9-13(10-20)11-21/h2,5-7,10-12,20H,1,3-4,8-9,21H2,(H,22,28)(H,23,26)(H,25,27)/b13-11-,20-10?. The van der Waals surface area contributed by atoms with Gasteiger partial charge in [0.2, 0.25) is 0 Å². The third-order valence-electron chi connectivity index (χ3n) is 3.81. The summed E-state index contributed by atoms with van der Waals surface area (Å²) in [7, 11) is 0. The molecule has 0 aromatic carbocycles. The summed E-state index contributed by atoms with van der Waals surface area (Å²) >= 11 is 0. The average Bonchev–Trinajstić information content (AvgIpc) is 3.17. The second-order valence-electron chi connectivity index (χ2n) is 5.88. The molecule has 2 amide bonds. The number of carbonyl (C=O) groups is 2. The average molecular weight is 381 g/mol. The Morgan fingerprint density at radius 2 is 2.14 bits per heavy atom. The quantitative estimate of drug-likeness (QED) is 0.241. The Balaban J connectivity index is 2.06. The predicted octanol–water partition coefficient (Wildman–Crippen LogP) is 1.79. The van der Waals surface area contributed by atoms with E-state index in [2.05, 4.69) is 32.4 Å². The van der Waals surface area contributed by atoms with Gasteiger partial charge in [0.1, 0.15) is 11.4 Å². The number of pyridine rings is 1. The molecule has 0 saturated heterocycles. The number of H-pyrrole nitrogens is 1. The molecular formula is C19H23N7O2. The van der Waals surface area contributed by atoms with Crippen LogP contribution in [-0.4, -0.2) is 39.8 Å². The molecule has 0 aliphatic heterocycles. The van der Waals surface area contributed by atoms with E-state index in [1.165, 1.54) is 12.4 Å². The van der Waals surface area contributed by atoms with Crippen LogP contribution in [0.15, 0.2) is 48.8 Å². The fourth-order valence-electron chi connectivity index (χ4n) is 2.35. The number of aromatic amines is 1. The number of rotatable bonds is 10. The van der Waals surface area contributed by atoms with Gasteiger partial charge in [0, 0.05) is 24.9 Å².